The number of aromatic nitrogens is 3. The molecule has 0 aromatic carbocycles. The Morgan fingerprint density at radius 2 is 1.97 bits per heavy atom. The molecule has 5 rings (SSSR count). The van der Waals surface area contributed by atoms with E-state index >= 15 is 0 Å². The highest BCUT2D eigenvalue weighted by atomic mass is 32.1. The maximum Gasteiger partial charge on any atom is 0.264 e. The molecule has 0 spiro atoms. The number of hydrogen-bond acceptors (Lipinski definition) is 7. The molecule has 2 aliphatic heterocycles. The van der Waals surface area contributed by atoms with Crippen molar-refractivity contribution in [1.82, 2.24) is 25.0 Å². The molecule has 1 N–H and O–H groups in total. The lowest BCUT2D eigenvalue weighted by molar-refractivity contribution is -0.0225. The lowest BCUT2D eigenvalue weighted by atomic mass is 10.0. The second kappa shape index (κ2) is 8.37. The molecule has 162 valence electrons. The van der Waals surface area contributed by atoms with Gasteiger partial charge in [-0.25, -0.2) is 4.98 Å². The number of rotatable bonds is 3. The first-order chi connectivity index (χ1) is 15.1. The van der Waals surface area contributed by atoms with Crippen molar-refractivity contribution in [3.05, 3.63) is 46.2 Å². The number of nitrogens with zero attached hydrogens (tertiary/aromatic N) is 4. The highest BCUT2D eigenvalue weighted by Gasteiger charge is 2.34. The standard InChI is InChI=1S/C21H23N5O4S/c1-13-15(11-23-24-13)20(27)26-7-10-30-16(12-26)17-14-3-2-4-22-19(14)31-18(17)21(28)25-5-8-29-9-6-25/h2-4,11,16H,5-10,12H2,1H3,(H,23,24)/t16-/m0/s1. The van der Waals surface area contributed by atoms with E-state index in [2.05, 4.69) is 15.2 Å². The molecule has 9 nitrogen and oxygen atoms in total. The third-order valence-electron chi connectivity index (χ3n) is 5.73. The van der Waals surface area contributed by atoms with E-state index in [1.165, 1.54) is 11.3 Å². The lowest BCUT2D eigenvalue weighted by Gasteiger charge is -2.34. The van der Waals surface area contributed by atoms with Gasteiger partial charge in [-0.05, 0) is 13.0 Å². The monoisotopic (exact) mass is 441 g/mol. The highest BCUT2D eigenvalue weighted by molar-refractivity contribution is 7.20. The lowest BCUT2D eigenvalue weighted by Crippen LogP contribution is -2.43. The number of ether oxygens (including phenoxy) is 2. The normalized spacial score (nSPS) is 19.7. The Balaban J connectivity index is 1.49. The molecule has 0 saturated carbocycles. The van der Waals surface area contributed by atoms with E-state index in [-0.39, 0.29) is 11.8 Å². The predicted octanol–water partition coefficient (Wildman–Crippen LogP) is 2.01. The van der Waals surface area contributed by atoms with Crippen LogP contribution in [0.25, 0.3) is 10.2 Å². The second-order valence-corrected chi connectivity index (χ2v) is 8.62. The number of pyridine rings is 1. The number of hydrogen-bond donors (Lipinski definition) is 1. The van der Waals surface area contributed by atoms with Gasteiger partial charge < -0.3 is 19.3 Å². The molecule has 0 bridgehead atoms. The third kappa shape index (κ3) is 3.71. The average Bonchev–Trinajstić information content (AvgIpc) is 3.42. The molecular weight excluding hydrogens is 418 g/mol. The van der Waals surface area contributed by atoms with Crippen molar-refractivity contribution in [1.29, 1.82) is 0 Å². The van der Waals surface area contributed by atoms with Gasteiger partial charge in [0.05, 0.1) is 38.1 Å². The number of nitrogens with one attached hydrogen (secondary N) is 1. The van der Waals surface area contributed by atoms with Crippen molar-refractivity contribution in [2.75, 3.05) is 46.0 Å². The number of aryl methyl sites for hydroxylation is 1. The second-order valence-electron chi connectivity index (χ2n) is 7.62. The number of amides is 2. The van der Waals surface area contributed by atoms with E-state index in [0.717, 1.165) is 21.5 Å². The van der Waals surface area contributed by atoms with E-state index in [4.69, 9.17) is 9.47 Å². The molecule has 0 unspecified atom stereocenters. The van der Waals surface area contributed by atoms with Crippen LogP contribution in [0.4, 0.5) is 0 Å². The number of thiophene rings is 1. The van der Waals surface area contributed by atoms with Crippen LogP contribution in [0.2, 0.25) is 0 Å². The summed E-state index contributed by atoms with van der Waals surface area (Å²) in [7, 11) is 0. The average molecular weight is 442 g/mol. The Labute approximate surface area is 182 Å². The van der Waals surface area contributed by atoms with Crippen LogP contribution in [0.15, 0.2) is 24.5 Å². The molecule has 10 heteroatoms. The molecule has 3 aromatic heterocycles. The first-order valence-electron chi connectivity index (χ1n) is 10.3. The largest absolute Gasteiger partial charge is 0.378 e. The zero-order valence-electron chi connectivity index (χ0n) is 17.2. The van der Waals surface area contributed by atoms with Gasteiger partial charge >= 0.3 is 0 Å². The topological polar surface area (TPSA) is 101 Å². The summed E-state index contributed by atoms with van der Waals surface area (Å²) in [4.78, 5) is 35.9. The Morgan fingerprint density at radius 1 is 1.16 bits per heavy atom. The summed E-state index contributed by atoms with van der Waals surface area (Å²) in [6.07, 6.45) is 2.88. The first-order valence-corrected chi connectivity index (χ1v) is 11.1. The van der Waals surface area contributed by atoms with Crippen molar-refractivity contribution < 1.29 is 19.1 Å². The summed E-state index contributed by atoms with van der Waals surface area (Å²) in [6.45, 7) is 5.30. The summed E-state index contributed by atoms with van der Waals surface area (Å²) in [5.74, 6) is -0.114. The van der Waals surface area contributed by atoms with Gasteiger partial charge in [0.15, 0.2) is 0 Å². The Kier molecular flexibility index (Phi) is 5.43. The van der Waals surface area contributed by atoms with Crippen LogP contribution < -0.4 is 0 Å². The number of carbonyl (C=O) groups excluding carboxylic acids is 2. The van der Waals surface area contributed by atoms with Crippen LogP contribution in [0.1, 0.15) is 37.4 Å². The van der Waals surface area contributed by atoms with Gasteiger partial charge in [-0.3, -0.25) is 14.7 Å². The summed E-state index contributed by atoms with van der Waals surface area (Å²) in [6, 6.07) is 3.83. The highest BCUT2D eigenvalue weighted by Crippen LogP contribution is 2.38. The minimum atomic E-state index is -0.400. The number of H-pyrrole nitrogens is 1. The van der Waals surface area contributed by atoms with Crippen molar-refractivity contribution in [2.24, 2.45) is 0 Å². The van der Waals surface area contributed by atoms with Gasteiger partial charge in [0.25, 0.3) is 11.8 Å². The van der Waals surface area contributed by atoms with E-state index in [1.54, 1.807) is 17.3 Å². The van der Waals surface area contributed by atoms with Crippen molar-refractivity contribution in [3.63, 3.8) is 0 Å². The van der Waals surface area contributed by atoms with Crippen molar-refractivity contribution in [2.45, 2.75) is 13.0 Å². The molecule has 2 aliphatic rings. The quantitative estimate of drug-likeness (QED) is 0.667. The zero-order chi connectivity index (χ0) is 21.4. The zero-order valence-corrected chi connectivity index (χ0v) is 18.0. The molecule has 0 aliphatic carbocycles. The molecule has 2 saturated heterocycles. The molecule has 2 fully saturated rings. The fraction of sp³-hybridized carbons (Fsp3) is 0.429. The summed E-state index contributed by atoms with van der Waals surface area (Å²) >= 11 is 1.39. The minimum absolute atomic E-state index is 0.0287. The van der Waals surface area contributed by atoms with Gasteiger partial charge in [0.1, 0.15) is 15.8 Å². The van der Waals surface area contributed by atoms with E-state index in [0.29, 0.717) is 56.4 Å². The van der Waals surface area contributed by atoms with Crippen LogP contribution in [0, 0.1) is 6.92 Å². The Bertz CT molecular complexity index is 1120. The van der Waals surface area contributed by atoms with Crippen LogP contribution in [-0.2, 0) is 9.47 Å². The van der Waals surface area contributed by atoms with Crippen LogP contribution in [0.3, 0.4) is 0 Å². The van der Waals surface area contributed by atoms with Crippen LogP contribution >= 0.6 is 11.3 Å². The maximum absolute atomic E-state index is 13.4. The molecule has 31 heavy (non-hydrogen) atoms. The summed E-state index contributed by atoms with van der Waals surface area (Å²) in [5.41, 5.74) is 2.12. The van der Waals surface area contributed by atoms with Gasteiger partial charge in [-0.1, -0.05) is 6.07 Å². The minimum Gasteiger partial charge on any atom is -0.378 e. The van der Waals surface area contributed by atoms with Gasteiger partial charge in [-0.15, -0.1) is 11.3 Å². The van der Waals surface area contributed by atoms with Crippen molar-refractivity contribution in [3.8, 4) is 0 Å². The summed E-state index contributed by atoms with van der Waals surface area (Å²) in [5, 5.41) is 7.69. The third-order valence-corrected chi connectivity index (χ3v) is 6.85. The Morgan fingerprint density at radius 3 is 2.74 bits per heavy atom. The SMILES string of the molecule is Cc1[nH]ncc1C(=O)N1CCO[C@H](c2c(C(=O)N3CCOCC3)sc3ncccc23)C1. The predicted molar refractivity (Wildman–Crippen MR) is 114 cm³/mol. The molecule has 0 radical (unpaired) electrons. The van der Waals surface area contributed by atoms with E-state index in [9.17, 15) is 9.59 Å². The van der Waals surface area contributed by atoms with E-state index in [1.807, 2.05) is 24.0 Å². The maximum atomic E-state index is 13.4. The smallest absolute Gasteiger partial charge is 0.264 e. The Hall–Kier alpha value is -2.82. The number of fused-ring (bicyclic) bond motifs is 1. The molecule has 3 aromatic rings. The molecule has 2 amide bonds. The number of morpholine rings is 2. The number of carbonyl (C=O) groups is 2. The van der Waals surface area contributed by atoms with Gasteiger partial charge in [0, 0.05) is 42.5 Å². The van der Waals surface area contributed by atoms with Crippen molar-refractivity contribution >= 4 is 33.4 Å². The van der Waals surface area contributed by atoms with E-state index < -0.39 is 6.10 Å². The first kappa shape index (κ1) is 20.1. The van der Waals surface area contributed by atoms with Gasteiger partial charge in [0.2, 0.25) is 0 Å². The van der Waals surface area contributed by atoms with Gasteiger partial charge in [-0.2, -0.15) is 5.10 Å². The molecule has 1 atom stereocenters. The number of aromatic amines is 1. The fourth-order valence-corrected chi connectivity index (χ4v) is 5.25. The van der Waals surface area contributed by atoms with Crippen LogP contribution in [0.5, 0.6) is 0 Å². The van der Waals surface area contributed by atoms with Crippen LogP contribution in [-0.4, -0.2) is 82.8 Å². The fourth-order valence-electron chi connectivity index (χ4n) is 4.08. The molecular formula is C21H23N5O4S. The summed E-state index contributed by atoms with van der Waals surface area (Å²) < 4.78 is 11.5. The molecule has 5 heterocycles.